The van der Waals surface area contributed by atoms with Gasteiger partial charge in [-0.2, -0.15) is 0 Å². The van der Waals surface area contributed by atoms with Gasteiger partial charge in [-0.05, 0) is 55.0 Å². The summed E-state index contributed by atoms with van der Waals surface area (Å²) in [4.78, 5) is 13.4. The van der Waals surface area contributed by atoms with Crippen molar-refractivity contribution in [3.8, 4) is 0 Å². The van der Waals surface area contributed by atoms with Crippen molar-refractivity contribution in [1.29, 1.82) is 0 Å². The van der Waals surface area contributed by atoms with Gasteiger partial charge in [0.15, 0.2) is 0 Å². The van der Waals surface area contributed by atoms with Crippen molar-refractivity contribution >= 4 is 34.5 Å². The molecule has 1 amide bonds. The molecule has 3 N–H and O–H groups in total. The Morgan fingerprint density at radius 2 is 2.05 bits per heavy atom. The van der Waals surface area contributed by atoms with Crippen LogP contribution >= 0.6 is 22.9 Å². The Hall–Kier alpha value is -1.52. The molecule has 1 heterocycles. The summed E-state index contributed by atoms with van der Waals surface area (Å²) in [5, 5.41) is 6.03. The zero-order chi connectivity index (χ0) is 14.2. The molecule has 20 heavy (non-hydrogen) atoms. The predicted octanol–water partition coefficient (Wildman–Crippen LogP) is 3.53. The van der Waals surface area contributed by atoms with Crippen molar-refractivity contribution in [2.75, 3.05) is 5.32 Å². The number of benzene rings is 1. The fraction of sp³-hybridized carbons (Fsp3) is 0.267. The molecular formula is C15H15ClN2OS. The Morgan fingerprint density at radius 1 is 1.30 bits per heavy atom. The van der Waals surface area contributed by atoms with Crippen molar-refractivity contribution in [2.24, 2.45) is 5.73 Å². The molecule has 0 spiro atoms. The van der Waals surface area contributed by atoms with Crippen LogP contribution in [-0.4, -0.2) is 5.91 Å². The Morgan fingerprint density at radius 3 is 2.75 bits per heavy atom. The monoisotopic (exact) mass is 306 g/mol. The van der Waals surface area contributed by atoms with Gasteiger partial charge < -0.3 is 11.1 Å². The minimum Gasteiger partial charge on any atom is -0.368 e. The van der Waals surface area contributed by atoms with Gasteiger partial charge in [0, 0.05) is 21.2 Å². The second-order valence-electron chi connectivity index (χ2n) is 5.01. The molecule has 0 radical (unpaired) electrons. The van der Waals surface area contributed by atoms with Crippen LogP contribution in [0, 0.1) is 0 Å². The number of halogens is 1. The zero-order valence-corrected chi connectivity index (χ0v) is 12.4. The molecule has 0 aliphatic heterocycles. The summed E-state index contributed by atoms with van der Waals surface area (Å²) < 4.78 is 0. The minimum atomic E-state index is -0.804. The lowest BCUT2D eigenvalue weighted by molar-refractivity contribution is -0.123. The van der Waals surface area contributed by atoms with Crippen LogP contribution in [0.15, 0.2) is 35.7 Å². The van der Waals surface area contributed by atoms with Gasteiger partial charge in [0.2, 0.25) is 5.91 Å². The van der Waals surface area contributed by atoms with E-state index in [1.54, 1.807) is 23.5 Å². The highest BCUT2D eigenvalue weighted by atomic mass is 35.5. The van der Waals surface area contributed by atoms with Crippen molar-refractivity contribution < 1.29 is 4.79 Å². The van der Waals surface area contributed by atoms with E-state index in [-0.39, 0.29) is 5.91 Å². The second-order valence-corrected chi connectivity index (χ2v) is 6.45. The minimum absolute atomic E-state index is 0.327. The van der Waals surface area contributed by atoms with Gasteiger partial charge in [-0.3, -0.25) is 4.79 Å². The SMILES string of the molecule is NC(=O)C1(Nc2ccc(Cl)cc2)CCCc2sccc21. The van der Waals surface area contributed by atoms with Crippen LogP contribution in [0.1, 0.15) is 23.3 Å². The number of nitrogens with two attached hydrogens (primary N) is 1. The van der Waals surface area contributed by atoms with Crippen LogP contribution < -0.4 is 11.1 Å². The van der Waals surface area contributed by atoms with E-state index in [4.69, 9.17) is 17.3 Å². The number of rotatable bonds is 3. The molecule has 5 heteroatoms. The highest BCUT2D eigenvalue weighted by Crippen LogP contribution is 2.40. The maximum absolute atomic E-state index is 12.1. The van der Waals surface area contributed by atoms with E-state index in [1.165, 1.54) is 4.88 Å². The third-order valence-corrected chi connectivity index (χ3v) is 5.02. The quantitative estimate of drug-likeness (QED) is 0.911. The number of carbonyl (C=O) groups excluding carboxylic acids is 1. The van der Waals surface area contributed by atoms with E-state index in [0.29, 0.717) is 11.4 Å². The topological polar surface area (TPSA) is 55.1 Å². The van der Waals surface area contributed by atoms with Gasteiger partial charge in [-0.15, -0.1) is 11.3 Å². The Balaban J connectivity index is 2.02. The van der Waals surface area contributed by atoms with E-state index < -0.39 is 5.54 Å². The molecule has 3 rings (SSSR count). The fourth-order valence-corrected chi connectivity index (χ4v) is 3.92. The summed E-state index contributed by atoms with van der Waals surface area (Å²) in [6.45, 7) is 0. The Labute approximate surface area is 126 Å². The first-order chi connectivity index (χ1) is 9.62. The maximum atomic E-state index is 12.1. The Kier molecular flexibility index (Phi) is 3.44. The van der Waals surface area contributed by atoms with Crippen molar-refractivity contribution in [2.45, 2.75) is 24.8 Å². The second kappa shape index (κ2) is 5.11. The number of hydrogen-bond donors (Lipinski definition) is 2. The molecule has 0 saturated carbocycles. The lowest BCUT2D eigenvalue weighted by atomic mass is 9.79. The molecule has 0 fully saturated rings. The number of carbonyl (C=O) groups is 1. The third kappa shape index (κ3) is 2.19. The summed E-state index contributed by atoms with van der Waals surface area (Å²) in [6.07, 6.45) is 2.69. The van der Waals surface area contributed by atoms with E-state index in [9.17, 15) is 4.79 Å². The van der Waals surface area contributed by atoms with E-state index in [1.807, 2.05) is 23.6 Å². The fourth-order valence-electron chi connectivity index (χ4n) is 2.79. The van der Waals surface area contributed by atoms with Crippen LogP contribution in [0.5, 0.6) is 0 Å². The van der Waals surface area contributed by atoms with Crippen molar-refractivity contribution in [3.05, 3.63) is 51.2 Å². The molecule has 1 atom stereocenters. The third-order valence-electron chi connectivity index (χ3n) is 3.78. The summed E-state index contributed by atoms with van der Waals surface area (Å²) in [5.74, 6) is -0.327. The highest BCUT2D eigenvalue weighted by molar-refractivity contribution is 7.10. The van der Waals surface area contributed by atoms with Gasteiger partial charge in [0.1, 0.15) is 5.54 Å². The van der Waals surface area contributed by atoms with Crippen LogP contribution in [0.4, 0.5) is 5.69 Å². The first-order valence-corrected chi connectivity index (χ1v) is 7.78. The van der Waals surface area contributed by atoms with Crippen molar-refractivity contribution in [1.82, 2.24) is 0 Å². The summed E-state index contributed by atoms with van der Waals surface area (Å²) in [5.41, 5.74) is 6.81. The largest absolute Gasteiger partial charge is 0.368 e. The maximum Gasteiger partial charge on any atom is 0.247 e. The van der Waals surface area contributed by atoms with E-state index >= 15 is 0 Å². The number of fused-ring (bicyclic) bond motifs is 1. The number of hydrogen-bond acceptors (Lipinski definition) is 3. The molecule has 1 unspecified atom stereocenters. The number of thiophene rings is 1. The van der Waals surface area contributed by atoms with E-state index in [0.717, 1.165) is 24.1 Å². The average Bonchev–Trinajstić information content (AvgIpc) is 2.91. The highest BCUT2D eigenvalue weighted by Gasteiger charge is 2.42. The number of anilines is 1. The summed E-state index contributed by atoms with van der Waals surface area (Å²) >= 11 is 7.59. The molecule has 104 valence electrons. The standard InChI is InChI=1S/C15H15ClN2OS/c16-10-3-5-11(6-4-10)18-15(14(17)19)8-1-2-13-12(15)7-9-20-13/h3-7,9,18H,1-2,8H2,(H2,17,19). The summed E-state index contributed by atoms with van der Waals surface area (Å²) in [6, 6.07) is 9.35. The summed E-state index contributed by atoms with van der Waals surface area (Å²) in [7, 11) is 0. The van der Waals surface area contributed by atoms with Crippen LogP contribution in [0.25, 0.3) is 0 Å². The predicted molar refractivity (Wildman–Crippen MR) is 83.2 cm³/mol. The first-order valence-electron chi connectivity index (χ1n) is 6.52. The van der Waals surface area contributed by atoms with Crippen molar-refractivity contribution in [3.63, 3.8) is 0 Å². The average molecular weight is 307 g/mol. The van der Waals surface area contributed by atoms with Gasteiger partial charge >= 0.3 is 0 Å². The normalized spacial score (nSPS) is 21.2. The molecular weight excluding hydrogens is 292 g/mol. The van der Waals surface area contributed by atoms with Crippen LogP contribution in [0.3, 0.4) is 0 Å². The first kappa shape index (κ1) is 13.5. The molecule has 0 saturated heterocycles. The van der Waals surface area contributed by atoms with Gasteiger partial charge in [0.05, 0.1) is 0 Å². The molecule has 2 aromatic rings. The molecule has 3 nitrogen and oxygen atoms in total. The van der Waals surface area contributed by atoms with Gasteiger partial charge in [-0.25, -0.2) is 0 Å². The molecule has 0 bridgehead atoms. The number of primary amides is 1. The zero-order valence-electron chi connectivity index (χ0n) is 10.9. The van der Waals surface area contributed by atoms with Crippen LogP contribution in [0.2, 0.25) is 5.02 Å². The smallest absolute Gasteiger partial charge is 0.247 e. The number of amides is 1. The Bertz CT molecular complexity index is 638. The van der Waals surface area contributed by atoms with Gasteiger partial charge in [-0.1, -0.05) is 11.6 Å². The number of nitrogens with one attached hydrogen (secondary N) is 1. The number of aryl methyl sites for hydroxylation is 1. The van der Waals surface area contributed by atoms with Gasteiger partial charge in [0.25, 0.3) is 0 Å². The van der Waals surface area contributed by atoms with E-state index in [2.05, 4.69) is 5.32 Å². The molecule has 1 aromatic carbocycles. The van der Waals surface area contributed by atoms with Crippen LogP contribution in [-0.2, 0) is 16.8 Å². The lowest BCUT2D eigenvalue weighted by Crippen LogP contribution is -2.49. The lowest BCUT2D eigenvalue weighted by Gasteiger charge is -2.36. The molecule has 1 aliphatic rings. The molecule has 1 aromatic heterocycles. The molecule has 1 aliphatic carbocycles.